The Morgan fingerprint density at radius 1 is 1.19 bits per heavy atom. The molecule has 0 radical (unpaired) electrons. The van der Waals surface area contributed by atoms with Crippen LogP contribution < -0.4 is 4.90 Å². The van der Waals surface area contributed by atoms with E-state index in [1.807, 2.05) is 37.1 Å². The molecule has 0 fully saturated rings. The monoisotopic (exact) mass is 299 g/mol. The van der Waals surface area contributed by atoms with E-state index in [1.165, 1.54) is 10.4 Å². The summed E-state index contributed by atoms with van der Waals surface area (Å²) < 4.78 is 0. The molecule has 0 amide bonds. The first-order valence-electron chi connectivity index (χ1n) is 6.84. The second kappa shape index (κ2) is 5.79. The lowest BCUT2D eigenvalue weighted by atomic mass is 10.2. The van der Waals surface area contributed by atoms with Gasteiger partial charge in [-0.05, 0) is 18.6 Å². The van der Waals surface area contributed by atoms with Gasteiger partial charge in [-0.1, -0.05) is 30.3 Å². The molecule has 4 nitrogen and oxygen atoms in total. The van der Waals surface area contributed by atoms with Gasteiger partial charge in [-0.3, -0.25) is 0 Å². The summed E-state index contributed by atoms with van der Waals surface area (Å²) in [6.45, 7) is 2.57. The van der Waals surface area contributed by atoms with Gasteiger partial charge in [0.15, 0.2) is 0 Å². The Hall–Kier alpha value is -1.98. The van der Waals surface area contributed by atoms with E-state index < -0.39 is 0 Å². The molecular weight excluding hydrogens is 282 g/mol. The zero-order chi connectivity index (χ0) is 14.8. The van der Waals surface area contributed by atoms with Gasteiger partial charge in [0.25, 0.3) is 0 Å². The molecule has 1 N–H and O–H groups in total. The first kappa shape index (κ1) is 14.0. The Morgan fingerprint density at radius 2 is 1.95 bits per heavy atom. The molecule has 0 aliphatic heterocycles. The molecule has 0 saturated carbocycles. The van der Waals surface area contributed by atoms with Crippen LogP contribution >= 0.6 is 11.3 Å². The van der Waals surface area contributed by atoms with E-state index in [0.29, 0.717) is 6.54 Å². The Bertz CT molecular complexity index is 755. The van der Waals surface area contributed by atoms with Crippen LogP contribution in [0.4, 0.5) is 5.82 Å². The molecule has 0 atom stereocenters. The van der Waals surface area contributed by atoms with E-state index in [0.717, 1.165) is 21.9 Å². The molecule has 1 aromatic carbocycles. The van der Waals surface area contributed by atoms with Crippen molar-refractivity contribution in [1.82, 2.24) is 9.97 Å². The van der Waals surface area contributed by atoms with Gasteiger partial charge in [0.1, 0.15) is 16.5 Å². The number of aryl methyl sites for hydroxylation is 1. The maximum absolute atomic E-state index is 9.14. The average molecular weight is 299 g/mol. The van der Waals surface area contributed by atoms with Crippen molar-refractivity contribution in [2.24, 2.45) is 0 Å². The van der Waals surface area contributed by atoms with Crippen LogP contribution in [-0.2, 0) is 0 Å². The summed E-state index contributed by atoms with van der Waals surface area (Å²) in [4.78, 5) is 13.2. The number of thiophene rings is 1. The summed E-state index contributed by atoms with van der Waals surface area (Å²) >= 11 is 1.67. The number of likely N-dealkylation sites (N-methyl/N-ethyl adjacent to an activating group) is 1. The second-order valence-electron chi connectivity index (χ2n) is 4.94. The minimum atomic E-state index is 0.108. The molecule has 108 valence electrons. The highest BCUT2D eigenvalue weighted by atomic mass is 32.1. The van der Waals surface area contributed by atoms with Gasteiger partial charge in [-0.15, -0.1) is 11.3 Å². The molecule has 0 spiro atoms. The van der Waals surface area contributed by atoms with E-state index >= 15 is 0 Å². The predicted octanol–water partition coefficient (Wildman–Crippen LogP) is 3.10. The van der Waals surface area contributed by atoms with Gasteiger partial charge in [-0.2, -0.15) is 0 Å². The first-order chi connectivity index (χ1) is 10.2. The molecule has 2 aromatic heterocycles. The zero-order valence-electron chi connectivity index (χ0n) is 12.1. The van der Waals surface area contributed by atoms with Gasteiger partial charge >= 0.3 is 0 Å². The summed E-state index contributed by atoms with van der Waals surface area (Å²) in [5.74, 6) is 1.63. The highest BCUT2D eigenvalue weighted by Crippen LogP contribution is 2.36. The van der Waals surface area contributed by atoms with Crippen molar-refractivity contribution in [3.8, 4) is 10.4 Å². The number of aliphatic hydroxyl groups is 1. The van der Waals surface area contributed by atoms with Crippen molar-refractivity contribution in [1.29, 1.82) is 0 Å². The lowest BCUT2D eigenvalue weighted by molar-refractivity contribution is 0.304. The molecule has 21 heavy (non-hydrogen) atoms. The Kier molecular flexibility index (Phi) is 3.86. The molecule has 3 aromatic rings. The van der Waals surface area contributed by atoms with Crippen molar-refractivity contribution < 1.29 is 5.11 Å². The summed E-state index contributed by atoms with van der Waals surface area (Å²) in [5, 5.41) is 10.2. The Labute approximate surface area is 127 Å². The molecule has 5 heteroatoms. The predicted molar refractivity (Wildman–Crippen MR) is 87.9 cm³/mol. The van der Waals surface area contributed by atoms with Crippen molar-refractivity contribution in [2.75, 3.05) is 25.1 Å². The summed E-state index contributed by atoms with van der Waals surface area (Å²) in [6.07, 6.45) is 0. The van der Waals surface area contributed by atoms with E-state index in [-0.39, 0.29) is 6.61 Å². The molecule has 0 aliphatic carbocycles. The minimum absolute atomic E-state index is 0.108. The largest absolute Gasteiger partial charge is 0.395 e. The van der Waals surface area contributed by atoms with E-state index in [4.69, 9.17) is 5.11 Å². The Balaban J connectivity index is 2.14. The minimum Gasteiger partial charge on any atom is -0.395 e. The van der Waals surface area contributed by atoms with Gasteiger partial charge in [0.05, 0.1) is 12.0 Å². The molecule has 0 aliphatic rings. The van der Waals surface area contributed by atoms with Crippen LogP contribution in [0.25, 0.3) is 20.7 Å². The quantitative estimate of drug-likeness (QED) is 0.804. The number of hydrogen-bond donors (Lipinski definition) is 1. The fourth-order valence-electron chi connectivity index (χ4n) is 2.30. The van der Waals surface area contributed by atoms with Crippen LogP contribution in [0.3, 0.4) is 0 Å². The third-order valence-electron chi connectivity index (χ3n) is 3.34. The zero-order valence-corrected chi connectivity index (χ0v) is 12.9. The fourth-order valence-corrected chi connectivity index (χ4v) is 3.38. The van der Waals surface area contributed by atoms with E-state index in [1.54, 1.807) is 11.3 Å². The standard InChI is InChI=1S/C16H17N3OS/c1-11-17-15(19(2)8-9-20)13-10-14(21-16(13)18-11)12-6-4-3-5-7-12/h3-7,10,20H,8-9H2,1-2H3. The molecule has 0 saturated heterocycles. The van der Waals surface area contributed by atoms with Gasteiger partial charge in [-0.25, -0.2) is 9.97 Å². The lowest BCUT2D eigenvalue weighted by Gasteiger charge is -2.17. The van der Waals surface area contributed by atoms with E-state index in [9.17, 15) is 0 Å². The van der Waals surface area contributed by atoms with Crippen LogP contribution in [0.5, 0.6) is 0 Å². The smallest absolute Gasteiger partial charge is 0.140 e. The van der Waals surface area contributed by atoms with Crippen LogP contribution in [-0.4, -0.2) is 35.3 Å². The van der Waals surface area contributed by atoms with Crippen molar-refractivity contribution in [2.45, 2.75) is 6.92 Å². The summed E-state index contributed by atoms with van der Waals surface area (Å²) in [6, 6.07) is 12.4. The van der Waals surface area contributed by atoms with Crippen molar-refractivity contribution in [3.05, 3.63) is 42.2 Å². The Morgan fingerprint density at radius 3 is 2.67 bits per heavy atom. The maximum atomic E-state index is 9.14. The first-order valence-corrected chi connectivity index (χ1v) is 7.66. The third kappa shape index (κ3) is 2.75. The molecule has 0 bridgehead atoms. The van der Waals surface area contributed by atoms with Crippen molar-refractivity contribution >= 4 is 27.4 Å². The van der Waals surface area contributed by atoms with Gasteiger partial charge in [0, 0.05) is 18.5 Å². The second-order valence-corrected chi connectivity index (χ2v) is 5.97. The topological polar surface area (TPSA) is 49.2 Å². The van der Waals surface area contributed by atoms with E-state index in [2.05, 4.69) is 28.2 Å². The van der Waals surface area contributed by atoms with Gasteiger partial charge in [0.2, 0.25) is 0 Å². The van der Waals surface area contributed by atoms with Crippen LogP contribution in [0, 0.1) is 6.92 Å². The van der Waals surface area contributed by atoms with Crippen LogP contribution in [0.15, 0.2) is 36.4 Å². The molecule has 2 heterocycles. The SMILES string of the molecule is Cc1nc(N(C)CCO)c2cc(-c3ccccc3)sc2n1. The number of fused-ring (bicyclic) bond motifs is 1. The molecular formula is C16H17N3OS. The number of rotatable bonds is 4. The van der Waals surface area contributed by atoms with Gasteiger partial charge < -0.3 is 10.0 Å². The third-order valence-corrected chi connectivity index (χ3v) is 4.42. The number of hydrogen-bond acceptors (Lipinski definition) is 5. The highest BCUT2D eigenvalue weighted by molar-refractivity contribution is 7.21. The number of nitrogens with zero attached hydrogens (tertiary/aromatic N) is 3. The summed E-state index contributed by atoms with van der Waals surface area (Å²) in [7, 11) is 1.94. The maximum Gasteiger partial charge on any atom is 0.140 e. The fraction of sp³-hybridized carbons (Fsp3) is 0.250. The van der Waals surface area contributed by atoms with Crippen molar-refractivity contribution in [3.63, 3.8) is 0 Å². The number of benzene rings is 1. The molecule has 0 unspecified atom stereocenters. The average Bonchev–Trinajstić information content (AvgIpc) is 2.91. The number of aromatic nitrogens is 2. The summed E-state index contributed by atoms with van der Waals surface area (Å²) in [5.41, 5.74) is 1.19. The number of anilines is 1. The normalized spacial score (nSPS) is 11.0. The van der Waals surface area contributed by atoms with Crippen LogP contribution in [0.2, 0.25) is 0 Å². The van der Waals surface area contributed by atoms with Crippen LogP contribution in [0.1, 0.15) is 5.82 Å². The molecule has 3 rings (SSSR count). The lowest BCUT2D eigenvalue weighted by Crippen LogP contribution is -2.22. The highest BCUT2D eigenvalue weighted by Gasteiger charge is 2.14. The number of aliphatic hydroxyl groups excluding tert-OH is 1.